The smallest absolute Gasteiger partial charge is 0.156 e. The summed E-state index contributed by atoms with van der Waals surface area (Å²) in [5.41, 5.74) is 0.860. The molecule has 2 aromatic rings. The monoisotopic (exact) mass is 271 g/mol. The second-order valence-electron chi connectivity index (χ2n) is 2.80. The Labute approximate surface area is 95.0 Å². The number of hydrogen-bond donors (Lipinski definition) is 0. The highest BCUT2D eigenvalue weighted by Crippen LogP contribution is 2.32. The summed E-state index contributed by atoms with van der Waals surface area (Å²) in [4.78, 5) is 4.22. The molecule has 1 heterocycles. The lowest BCUT2D eigenvalue weighted by molar-refractivity contribution is 0.414. The molecule has 0 fully saturated rings. The van der Waals surface area contributed by atoms with Gasteiger partial charge in [-0.2, -0.15) is 0 Å². The van der Waals surface area contributed by atoms with Gasteiger partial charge in [-0.25, -0.2) is 0 Å². The van der Waals surface area contributed by atoms with Crippen LogP contribution in [0, 0.1) is 0 Å². The summed E-state index contributed by atoms with van der Waals surface area (Å²) >= 11 is 9.51. The Morgan fingerprint density at radius 1 is 1.43 bits per heavy atom. The lowest BCUT2D eigenvalue weighted by Crippen LogP contribution is -1.87. The Balaban J connectivity index is 2.79. The van der Waals surface area contributed by atoms with Gasteiger partial charge in [0, 0.05) is 9.86 Å². The van der Waals surface area contributed by atoms with Crippen LogP contribution in [0.3, 0.4) is 0 Å². The number of rotatable bonds is 1. The summed E-state index contributed by atoms with van der Waals surface area (Å²) in [5.74, 6) is 0.595. The molecule has 0 aliphatic heterocycles. The number of aromatic nitrogens is 1. The van der Waals surface area contributed by atoms with Crippen molar-refractivity contribution in [1.82, 2.24) is 4.98 Å². The lowest BCUT2D eigenvalue weighted by atomic mass is 10.2. The van der Waals surface area contributed by atoms with E-state index in [1.807, 2.05) is 18.2 Å². The second kappa shape index (κ2) is 3.75. The minimum atomic E-state index is 0.595. The Bertz CT molecular complexity index is 487. The fraction of sp³-hybridized carbons (Fsp3) is 0.100. The maximum absolute atomic E-state index is 6.13. The summed E-state index contributed by atoms with van der Waals surface area (Å²) in [6.45, 7) is 0. The molecule has 0 spiro atoms. The number of methoxy groups -OCH3 is 1. The molecule has 0 unspecified atom stereocenters. The van der Waals surface area contributed by atoms with E-state index in [1.54, 1.807) is 13.3 Å². The predicted molar refractivity (Wildman–Crippen MR) is 61.0 cm³/mol. The first-order valence-corrected chi connectivity index (χ1v) is 5.17. The van der Waals surface area contributed by atoms with Gasteiger partial charge in [0.2, 0.25) is 0 Å². The zero-order valence-corrected chi connectivity index (χ0v) is 9.76. The minimum absolute atomic E-state index is 0.595. The highest BCUT2D eigenvalue weighted by Gasteiger charge is 2.06. The van der Waals surface area contributed by atoms with Gasteiger partial charge in [-0.1, -0.05) is 27.5 Å². The SMILES string of the molecule is COc1cnc2ccc(Br)cc2c1Cl. The van der Waals surface area contributed by atoms with Crippen molar-refractivity contribution in [3.63, 3.8) is 0 Å². The topological polar surface area (TPSA) is 22.1 Å². The van der Waals surface area contributed by atoms with Crippen LogP contribution < -0.4 is 4.74 Å². The third-order valence-corrected chi connectivity index (χ3v) is 2.84. The quantitative estimate of drug-likeness (QED) is 0.790. The Hall–Kier alpha value is -0.800. The normalized spacial score (nSPS) is 10.5. The van der Waals surface area contributed by atoms with Gasteiger partial charge in [0.25, 0.3) is 0 Å². The average molecular weight is 273 g/mol. The molecule has 0 amide bonds. The summed E-state index contributed by atoms with van der Waals surface area (Å²) in [5, 5.41) is 1.49. The van der Waals surface area contributed by atoms with Crippen LogP contribution in [-0.4, -0.2) is 12.1 Å². The van der Waals surface area contributed by atoms with Crippen LogP contribution in [0.2, 0.25) is 5.02 Å². The summed E-state index contributed by atoms with van der Waals surface area (Å²) in [7, 11) is 1.58. The van der Waals surface area contributed by atoms with E-state index in [-0.39, 0.29) is 0 Å². The van der Waals surface area contributed by atoms with Gasteiger partial charge in [0.05, 0.1) is 23.8 Å². The fourth-order valence-corrected chi connectivity index (χ4v) is 1.89. The molecule has 1 aromatic heterocycles. The van der Waals surface area contributed by atoms with Gasteiger partial charge in [-0.3, -0.25) is 4.98 Å². The molecular weight excluding hydrogens is 265 g/mol. The van der Waals surface area contributed by atoms with E-state index < -0.39 is 0 Å². The number of halogens is 2. The first kappa shape index (κ1) is 9.74. The largest absolute Gasteiger partial charge is 0.494 e. The third kappa shape index (κ3) is 1.57. The molecule has 2 rings (SSSR count). The maximum atomic E-state index is 6.13. The summed E-state index contributed by atoms with van der Waals surface area (Å²) in [6.07, 6.45) is 1.62. The van der Waals surface area contributed by atoms with Crippen molar-refractivity contribution in [3.8, 4) is 5.75 Å². The highest BCUT2D eigenvalue weighted by atomic mass is 79.9. The van der Waals surface area contributed by atoms with Gasteiger partial charge in [-0.15, -0.1) is 0 Å². The van der Waals surface area contributed by atoms with E-state index in [1.165, 1.54) is 0 Å². The van der Waals surface area contributed by atoms with Crippen LogP contribution >= 0.6 is 27.5 Å². The zero-order chi connectivity index (χ0) is 10.1. The van der Waals surface area contributed by atoms with Gasteiger partial charge in [0.15, 0.2) is 5.75 Å². The Morgan fingerprint density at radius 2 is 2.21 bits per heavy atom. The molecule has 0 aliphatic rings. The van der Waals surface area contributed by atoms with Crippen molar-refractivity contribution < 1.29 is 4.74 Å². The van der Waals surface area contributed by atoms with E-state index in [0.717, 1.165) is 15.4 Å². The average Bonchev–Trinajstić information content (AvgIpc) is 2.20. The molecule has 14 heavy (non-hydrogen) atoms. The standard InChI is InChI=1S/C10H7BrClNO/c1-14-9-5-13-8-3-2-6(11)4-7(8)10(9)12/h2-5H,1H3. The third-order valence-electron chi connectivity index (χ3n) is 1.95. The van der Waals surface area contributed by atoms with Gasteiger partial charge in [0.1, 0.15) is 0 Å². The Morgan fingerprint density at radius 3 is 2.93 bits per heavy atom. The lowest BCUT2D eigenvalue weighted by Gasteiger charge is -2.05. The summed E-state index contributed by atoms with van der Waals surface area (Å²) < 4.78 is 6.06. The van der Waals surface area contributed by atoms with Gasteiger partial charge in [-0.05, 0) is 18.2 Å². The van der Waals surface area contributed by atoms with E-state index in [9.17, 15) is 0 Å². The van der Waals surface area contributed by atoms with E-state index in [2.05, 4.69) is 20.9 Å². The number of ether oxygens (including phenoxy) is 1. The maximum Gasteiger partial charge on any atom is 0.156 e. The van der Waals surface area contributed by atoms with Crippen LogP contribution in [-0.2, 0) is 0 Å². The first-order valence-electron chi connectivity index (χ1n) is 4.00. The first-order chi connectivity index (χ1) is 6.72. The summed E-state index contributed by atoms with van der Waals surface area (Å²) in [6, 6.07) is 5.76. The van der Waals surface area contributed by atoms with Crippen molar-refractivity contribution in [2.24, 2.45) is 0 Å². The van der Waals surface area contributed by atoms with E-state index >= 15 is 0 Å². The number of benzene rings is 1. The van der Waals surface area contributed by atoms with Crippen molar-refractivity contribution in [1.29, 1.82) is 0 Å². The van der Waals surface area contributed by atoms with Crippen LogP contribution in [0.1, 0.15) is 0 Å². The number of fused-ring (bicyclic) bond motifs is 1. The fourth-order valence-electron chi connectivity index (χ4n) is 1.26. The number of hydrogen-bond acceptors (Lipinski definition) is 2. The van der Waals surface area contributed by atoms with E-state index in [0.29, 0.717) is 10.8 Å². The molecular formula is C10H7BrClNO. The molecule has 72 valence electrons. The molecule has 0 atom stereocenters. The molecule has 0 aliphatic carbocycles. The van der Waals surface area contributed by atoms with Gasteiger partial charge < -0.3 is 4.74 Å². The van der Waals surface area contributed by atoms with E-state index in [4.69, 9.17) is 16.3 Å². The molecule has 1 aromatic carbocycles. The highest BCUT2D eigenvalue weighted by molar-refractivity contribution is 9.10. The number of nitrogens with zero attached hydrogens (tertiary/aromatic N) is 1. The molecule has 2 nitrogen and oxygen atoms in total. The Kier molecular flexibility index (Phi) is 2.61. The van der Waals surface area contributed by atoms with Crippen molar-refractivity contribution in [2.75, 3.05) is 7.11 Å². The van der Waals surface area contributed by atoms with Crippen LogP contribution in [0.5, 0.6) is 5.75 Å². The van der Waals surface area contributed by atoms with Crippen LogP contribution in [0.15, 0.2) is 28.9 Å². The molecule has 0 saturated heterocycles. The molecule has 0 bridgehead atoms. The molecule has 0 N–H and O–H groups in total. The van der Waals surface area contributed by atoms with Crippen molar-refractivity contribution >= 4 is 38.4 Å². The molecule has 0 radical (unpaired) electrons. The molecule has 0 saturated carbocycles. The minimum Gasteiger partial charge on any atom is -0.494 e. The predicted octanol–water partition coefficient (Wildman–Crippen LogP) is 3.66. The zero-order valence-electron chi connectivity index (χ0n) is 7.42. The van der Waals surface area contributed by atoms with Crippen molar-refractivity contribution in [2.45, 2.75) is 0 Å². The van der Waals surface area contributed by atoms with Crippen LogP contribution in [0.25, 0.3) is 10.9 Å². The number of pyridine rings is 1. The molecule has 4 heteroatoms. The second-order valence-corrected chi connectivity index (χ2v) is 4.10. The van der Waals surface area contributed by atoms with Crippen molar-refractivity contribution in [3.05, 3.63) is 33.9 Å². The van der Waals surface area contributed by atoms with Crippen LogP contribution in [0.4, 0.5) is 0 Å². The van der Waals surface area contributed by atoms with Gasteiger partial charge >= 0.3 is 0 Å².